The highest BCUT2D eigenvalue weighted by Crippen LogP contribution is 2.43. The van der Waals surface area contributed by atoms with Crippen LogP contribution in [0.2, 0.25) is 0 Å². The third-order valence-corrected chi connectivity index (χ3v) is 3.84. The maximum Gasteiger partial charge on any atom is 0.0493 e. The molecule has 0 heterocycles. The normalized spacial score (nSPS) is 37.4. The number of rotatable bonds is 4. The van der Waals surface area contributed by atoms with Crippen LogP contribution in [0, 0.1) is 17.3 Å². The minimum Gasteiger partial charge on any atom is -0.396 e. The summed E-state index contributed by atoms with van der Waals surface area (Å²) in [4.78, 5) is 0. The van der Waals surface area contributed by atoms with Gasteiger partial charge in [0, 0.05) is 13.2 Å². The second-order valence-corrected chi connectivity index (χ2v) is 4.70. The number of aliphatic hydroxyl groups is 2. The first-order valence-electron chi connectivity index (χ1n) is 5.53. The molecule has 0 fully saturated rings. The summed E-state index contributed by atoms with van der Waals surface area (Å²) in [6.07, 6.45) is 7.30. The molecule has 1 aliphatic rings. The number of hydrogen-bond acceptors (Lipinski definition) is 2. The Bertz CT molecular complexity index is 200. The zero-order valence-corrected chi connectivity index (χ0v) is 9.24. The number of allylic oxidation sites excluding steroid dienone is 2. The van der Waals surface area contributed by atoms with Gasteiger partial charge in [-0.05, 0) is 36.5 Å². The lowest BCUT2D eigenvalue weighted by atomic mass is 9.64. The van der Waals surface area contributed by atoms with Crippen molar-refractivity contribution in [1.82, 2.24) is 0 Å². The molecule has 0 aromatic rings. The molecule has 0 bridgehead atoms. The predicted octanol–water partition coefficient (Wildman–Crippen LogP) is 1.97. The summed E-state index contributed by atoms with van der Waals surface area (Å²) in [5, 5.41) is 18.3. The van der Waals surface area contributed by atoms with Crippen LogP contribution in [-0.4, -0.2) is 23.4 Å². The van der Waals surface area contributed by atoms with Gasteiger partial charge < -0.3 is 10.2 Å². The molecule has 0 radical (unpaired) electrons. The zero-order chi connectivity index (χ0) is 10.6. The summed E-state index contributed by atoms with van der Waals surface area (Å²) in [5.41, 5.74) is 0.00389. The van der Waals surface area contributed by atoms with Gasteiger partial charge in [-0.3, -0.25) is 0 Å². The summed E-state index contributed by atoms with van der Waals surface area (Å²) >= 11 is 0. The highest BCUT2D eigenvalue weighted by molar-refractivity contribution is 5.05. The summed E-state index contributed by atoms with van der Waals surface area (Å²) < 4.78 is 0. The fraction of sp³-hybridized carbons (Fsp3) is 0.833. The quantitative estimate of drug-likeness (QED) is 0.678. The van der Waals surface area contributed by atoms with Crippen molar-refractivity contribution < 1.29 is 10.2 Å². The molecule has 2 heteroatoms. The summed E-state index contributed by atoms with van der Waals surface area (Å²) in [5.74, 6) is 0.949. The lowest BCUT2D eigenvalue weighted by Gasteiger charge is -2.42. The van der Waals surface area contributed by atoms with Crippen LogP contribution in [0.1, 0.15) is 33.1 Å². The molecule has 0 saturated carbocycles. The monoisotopic (exact) mass is 198 g/mol. The maximum absolute atomic E-state index is 9.49. The van der Waals surface area contributed by atoms with Crippen LogP contribution in [0.3, 0.4) is 0 Å². The molecule has 14 heavy (non-hydrogen) atoms. The average Bonchev–Trinajstić information content (AvgIpc) is 2.20. The molecule has 82 valence electrons. The van der Waals surface area contributed by atoms with Gasteiger partial charge in [0.2, 0.25) is 0 Å². The topological polar surface area (TPSA) is 40.5 Å². The van der Waals surface area contributed by atoms with Crippen molar-refractivity contribution in [2.45, 2.75) is 33.1 Å². The second-order valence-electron chi connectivity index (χ2n) is 4.70. The third kappa shape index (κ3) is 2.18. The Kier molecular flexibility index (Phi) is 4.14. The van der Waals surface area contributed by atoms with Crippen LogP contribution < -0.4 is 0 Å². The molecule has 2 N–H and O–H groups in total. The van der Waals surface area contributed by atoms with E-state index in [9.17, 15) is 5.11 Å². The molecule has 0 saturated heterocycles. The molecule has 3 atom stereocenters. The maximum atomic E-state index is 9.49. The van der Waals surface area contributed by atoms with Gasteiger partial charge in [0.05, 0.1) is 0 Å². The van der Waals surface area contributed by atoms with Crippen molar-refractivity contribution in [2.75, 3.05) is 13.2 Å². The average molecular weight is 198 g/mol. The van der Waals surface area contributed by atoms with Crippen molar-refractivity contribution in [3.8, 4) is 0 Å². The highest BCUT2D eigenvalue weighted by atomic mass is 16.3. The Morgan fingerprint density at radius 2 is 2.14 bits per heavy atom. The molecule has 0 amide bonds. The van der Waals surface area contributed by atoms with Crippen molar-refractivity contribution in [3.63, 3.8) is 0 Å². The SMILES string of the molecule is CC1CC=CC(CCCO)C1(C)CO. The Morgan fingerprint density at radius 1 is 1.43 bits per heavy atom. The van der Waals surface area contributed by atoms with Gasteiger partial charge in [-0.15, -0.1) is 0 Å². The van der Waals surface area contributed by atoms with Gasteiger partial charge in [0.25, 0.3) is 0 Å². The Balaban J connectivity index is 2.69. The molecular formula is C12H22O2. The van der Waals surface area contributed by atoms with Crippen LogP contribution in [0.25, 0.3) is 0 Å². The lowest BCUT2D eigenvalue weighted by molar-refractivity contribution is 0.0335. The third-order valence-electron chi connectivity index (χ3n) is 3.84. The van der Waals surface area contributed by atoms with Crippen molar-refractivity contribution in [1.29, 1.82) is 0 Å². The first-order valence-corrected chi connectivity index (χ1v) is 5.53. The van der Waals surface area contributed by atoms with Gasteiger partial charge in [-0.25, -0.2) is 0 Å². The standard InChI is InChI=1S/C12H22O2/c1-10-5-3-6-11(7-4-8-13)12(10,2)9-14/h3,6,10-11,13-14H,4-5,7-9H2,1-2H3. The highest BCUT2D eigenvalue weighted by Gasteiger charge is 2.38. The molecule has 0 aliphatic heterocycles. The molecule has 0 spiro atoms. The Hall–Kier alpha value is -0.340. The van der Waals surface area contributed by atoms with Gasteiger partial charge in [-0.2, -0.15) is 0 Å². The summed E-state index contributed by atoms with van der Waals surface area (Å²) in [6, 6.07) is 0. The van der Waals surface area contributed by atoms with E-state index in [2.05, 4.69) is 26.0 Å². The van der Waals surface area contributed by atoms with Crippen LogP contribution in [0.4, 0.5) is 0 Å². The Morgan fingerprint density at radius 3 is 2.71 bits per heavy atom. The van der Waals surface area contributed by atoms with E-state index in [4.69, 9.17) is 5.11 Å². The first-order chi connectivity index (χ1) is 6.65. The second kappa shape index (κ2) is 4.94. The summed E-state index contributed by atoms with van der Waals surface area (Å²) in [7, 11) is 0. The van der Waals surface area contributed by atoms with Crippen molar-refractivity contribution in [2.24, 2.45) is 17.3 Å². The minimum absolute atomic E-state index is 0.00389. The van der Waals surface area contributed by atoms with Crippen LogP contribution in [0.5, 0.6) is 0 Å². The van der Waals surface area contributed by atoms with Crippen molar-refractivity contribution >= 4 is 0 Å². The van der Waals surface area contributed by atoms with Crippen LogP contribution >= 0.6 is 0 Å². The van der Waals surface area contributed by atoms with E-state index in [1.807, 2.05) is 0 Å². The van der Waals surface area contributed by atoms with E-state index in [0.717, 1.165) is 19.3 Å². The minimum atomic E-state index is 0.00389. The molecule has 2 nitrogen and oxygen atoms in total. The Labute approximate surface area is 86.6 Å². The van der Waals surface area contributed by atoms with Gasteiger partial charge in [-0.1, -0.05) is 26.0 Å². The lowest BCUT2D eigenvalue weighted by Crippen LogP contribution is -2.38. The first kappa shape index (κ1) is 11.7. The smallest absolute Gasteiger partial charge is 0.0493 e. The van der Waals surface area contributed by atoms with Gasteiger partial charge in [0.1, 0.15) is 0 Å². The van der Waals surface area contributed by atoms with E-state index >= 15 is 0 Å². The van der Waals surface area contributed by atoms with Crippen LogP contribution in [-0.2, 0) is 0 Å². The molecule has 0 aromatic heterocycles. The predicted molar refractivity (Wildman–Crippen MR) is 57.9 cm³/mol. The van der Waals surface area contributed by atoms with E-state index < -0.39 is 0 Å². The van der Waals surface area contributed by atoms with Crippen LogP contribution in [0.15, 0.2) is 12.2 Å². The molecule has 1 aliphatic carbocycles. The summed E-state index contributed by atoms with van der Waals surface area (Å²) in [6.45, 7) is 4.85. The fourth-order valence-electron chi connectivity index (χ4n) is 2.31. The van der Waals surface area contributed by atoms with E-state index in [0.29, 0.717) is 11.8 Å². The molecule has 0 aromatic carbocycles. The largest absolute Gasteiger partial charge is 0.396 e. The molecule has 3 unspecified atom stereocenters. The van der Waals surface area contributed by atoms with Gasteiger partial charge in [0.15, 0.2) is 0 Å². The van der Waals surface area contributed by atoms with E-state index in [-0.39, 0.29) is 18.6 Å². The molecular weight excluding hydrogens is 176 g/mol. The van der Waals surface area contributed by atoms with Gasteiger partial charge >= 0.3 is 0 Å². The zero-order valence-electron chi connectivity index (χ0n) is 9.24. The number of hydrogen-bond donors (Lipinski definition) is 2. The number of aliphatic hydroxyl groups excluding tert-OH is 2. The van der Waals surface area contributed by atoms with E-state index in [1.54, 1.807) is 0 Å². The molecule has 1 rings (SSSR count). The fourth-order valence-corrected chi connectivity index (χ4v) is 2.31. The van der Waals surface area contributed by atoms with E-state index in [1.165, 1.54) is 0 Å². The van der Waals surface area contributed by atoms with Crippen molar-refractivity contribution in [3.05, 3.63) is 12.2 Å².